The molecule has 0 bridgehead atoms. The van der Waals surface area contributed by atoms with Gasteiger partial charge in [-0.3, -0.25) is 4.90 Å². The Morgan fingerprint density at radius 3 is 2.08 bits per heavy atom. The Balaban J connectivity index is 1.51. The Morgan fingerprint density at radius 2 is 1.51 bits per heavy atom. The van der Waals surface area contributed by atoms with E-state index in [4.69, 9.17) is 4.74 Å². The molecular formula is C28H40FN3O5S2. The molecule has 11 heteroatoms. The summed E-state index contributed by atoms with van der Waals surface area (Å²) in [6.45, 7) is 9.88. The van der Waals surface area contributed by atoms with Gasteiger partial charge in [0.25, 0.3) is 0 Å². The summed E-state index contributed by atoms with van der Waals surface area (Å²) in [7, 11) is -4.77. The number of ether oxygens (including phenoxy) is 1. The van der Waals surface area contributed by atoms with Crippen LogP contribution < -0.4 is 4.90 Å². The molecule has 1 unspecified atom stereocenters. The van der Waals surface area contributed by atoms with E-state index in [0.29, 0.717) is 30.3 Å². The summed E-state index contributed by atoms with van der Waals surface area (Å²) in [4.78, 5) is 4.44. The molecule has 3 atom stereocenters. The van der Waals surface area contributed by atoms with Crippen LogP contribution in [0.15, 0.2) is 52.3 Å². The van der Waals surface area contributed by atoms with Crippen LogP contribution in [0.4, 0.5) is 10.1 Å². The summed E-state index contributed by atoms with van der Waals surface area (Å²) in [5.41, 5.74) is 0.752. The van der Waals surface area contributed by atoms with Crippen LogP contribution >= 0.6 is 0 Å². The summed E-state index contributed by atoms with van der Waals surface area (Å²) in [6, 6.07) is 9.79. The van der Waals surface area contributed by atoms with Crippen molar-refractivity contribution in [1.29, 1.82) is 0 Å². The average Bonchev–Trinajstić information content (AvgIpc) is 2.88. The Kier molecular flexibility index (Phi) is 9.07. The first-order valence-corrected chi connectivity index (χ1v) is 16.5. The minimum absolute atomic E-state index is 0.00408. The van der Waals surface area contributed by atoms with Gasteiger partial charge in [0.1, 0.15) is 5.82 Å². The molecule has 2 fully saturated rings. The number of sulfonamides is 1. The first-order chi connectivity index (χ1) is 18.3. The fraction of sp³-hybridized carbons (Fsp3) is 0.571. The Morgan fingerprint density at radius 1 is 0.949 bits per heavy atom. The Bertz CT molecular complexity index is 1350. The molecular weight excluding hydrogens is 541 g/mol. The van der Waals surface area contributed by atoms with Crippen molar-refractivity contribution in [2.24, 2.45) is 5.92 Å². The highest BCUT2D eigenvalue weighted by atomic mass is 32.2. The fourth-order valence-electron chi connectivity index (χ4n) is 5.71. The van der Waals surface area contributed by atoms with Gasteiger partial charge in [-0.15, -0.1) is 0 Å². The largest absolute Gasteiger partial charge is 0.373 e. The molecule has 0 aromatic heterocycles. The zero-order chi connectivity index (χ0) is 28.5. The zero-order valence-corrected chi connectivity index (χ0v) is 25.0. The molecule has 4 rings (SSSR count). The van der Waals surface area contributed by atoms with Crippen LogP contribution in [0, 0.1) is 11.7 Å². The van der Waals surface area contributed by atoms with Crippen molar-refractivity contribution in [3.05, 3.63) is 53.8 Å². The lowest BCUT2D eigenvalue weighted by Gasteiger charge is -2.40. The number of morpholine rings is 1. The van der Waals surface area contributed by atoms with E-state index in [1.165, 1.54) is 44.4 Å². The van der Waals surface area contributed by atoms with Gasteiger partial charge < -0.3 is 9.64 Å². The minimum atomic E-state index is -3.91. The van der Waals surface area contributed by atoms with Gasteiger partial charge in [0.15, 0.2) is 9.84 Å². The number of piperidine rings is 1. The molecule has 0 spiro atoms. The summed E-state index contributed by atoms with van der Waals surface area (Å²) in [5.74, 6) is 0.0586. The number of nitrogens with zero attached hydrogens (tertiary/aromatic N) is 3. The van der Waals surface area contributed by atoms with Crippen LogP contribution in [0.1, 0.15) is 44.4 Å². The molecule has 0 N–H and O–H groups in total. The van der Waals surface area contributed by atoms with Crippen molar-refractivity contribution in [2.45, 2.75) is 60.9 Å². The maximum Gasteiger partial charge on any atom is 0.242 e. The number of rotatable bonds is 8. The summed E-state index contributed by atoms with van der Waals surface area (Å²) in [5, 5.41) is -1.02. The molecule has 2 aromatic carbocycles. The number of hydrogen-bond donors (Lipinski definition) is 0. The minimum Gasteiger partial charge on any atom is -0.373 e. The smallest absolute Gasteiger partial charge is 0.242 e. The van der Waals surface area contributed by atoms with Gasteiger partial charge in [0, 0.05) is 46.8 Å². The highest BCUT2D eigenvalue weighted by molar-refractivity contribution is 7.91. The van der Waals surface area contributed by atoms with E-state index in [9.17, 15) is 16.8 Å². The first-order valence-electron chi connectivity index (χ1n) is 13.5. The molecule has 8 nitrogen and oxygen atoms in total. The molecule has 2 saturated heterocycles. The Hall–Kier alpha value is -2.05. The van der Waals surface area contributed by atoms with Crippen molar-refractivity contribution in [2.75, 3.05) is 51.7 Å². The van der Waals surface area contributed by atoms with Gasteiger partial charge in [-0.25, -0.2) is 25.5 Å². The third kappa shape index (κ3) is 6.48. The lowest BCUT2D eigenvalue weighted by atomic mass is 9.94. The lowest BCUT2D eigenvalue weighted by Crippen LogP contribution is -2.48. The maximum atomic E-state index is 15.3. The number of benzene rings is 2. The monoisotopic (exact) mass is 581 g/mol. The normalized spacial score (nSPS) is 22.8. The highest BCUT2D eigenvalue weighted by Crippen LogP contribution is 2.38. The van der Waals surface area contributed by atoms with E-state index in [0.717, 1.165) is 36.8 Å². The van der Waals surface area contributed by atoms with E-state index in [2.05, 4.69) is 18.7 Å². The lowest BCUT2D eigenvalue weighted by molar-refractivity contribution is -0.0720. The van der Waals surface area contributed by atoms with Crippen LogP contribution in [0.3, 0.4) is 0 Å². The second-order valence-corrected chi connectivity index (χ2v) is 15.5. The van der Waals surface area contributed by atoms with Gasteiger partial charge in [0.2, 0.25) is 10.0 Å². The predicted molar refractivity (Wildman–Crippen MR) is 151 cm³/mol. The van der Waals surface area contributed by atoms with Gasteiger partial charge in [0.05, 0.1) is 32.9 Å². The van der Waals surface area contributed by atoms with E-state index < -0.39 is 30.9 Å². The zero-order valence-electron chi connectivity index (χ0n) is 23.4. The summed E-state index contributed by atoms with van der Waals surface area (Å²) in [6.07, 6.45) is 2.23. The van der Waals surface area contributed by atoms with E-state index in [1.54, 1.807) is 19.1 Å². The van der Waals surface area contributed by atoms with Crippen molar-refractivity contribution < 1.29 is 26.0 Å². The van der Waals surface area contributed by atoms with E-state index in [1.807, 2.05) is 4.90 Å². The third-order valence-corrected chi connectivity index (χ3v) is 11.7. The van der Waals surface area contributed by atoms with Gasteiger partial charge in [-0.05, 0) is 75.4 Å². The standard InChI is InChI=1S/C28H40FN3O5S2/c1-20-17-31(18-21(2)37-20)19-23-13-15-32(16-14-23)28-26(7-6-8-27(28)29)22(3)38(33,34)24-9-11-25(12-10-24)39(35,36)30(4)5/h6-12,20-23H,13-19H2,1-5H3/t20-,21-,22?/m1/s1. The van der Waals surface area contributed by atoms with Crippen LogP contribution in [-0.4, -0.2) is 85.1 Å². The highest BCUT2D eigenvalue weighted by Gasteiger charge is 2.32. The molecule has 0 aliphatic carbocycles. The number of halogens is 1. The first kappa shape index (κ1) is 29.9. The van der Waals surface area contributed by atoms with Crippen LogP contribution in [0.25, 0.3) is 0 Å². The average molecular weight is 582 g/mol. The molecule has 2 aliphatic heterocycles. The molecule has 2 aromatic rings. The molecule has 39 heavy (non-hydrogen) atoms. The van der Waals surface area contributed by atoms with Crippen LogP contribution in [-0.2, 0) is 24.6 Å². The van der Waals surface area contributed by atoms with Crippen molar-refractivity contribution in [1.82, 2.24) is 9.21 Å². The summed E-state index contributed by atoms with van der Waals surface area (Å²) >= 11 is 0. The molecule has 0 radical (unpaired) electrons. The van der Waals surface area contributed by atoms with Crippen molar-refractivity contribution in [3.63, 3.8) is 0 Å². The summed E-state index contributed by atoms with van der Waals surface area (Å²) < 4.78 is 74.1. The van der Waals surface area contributed by atoms with Crippen LogP contribution in [0.5, 0.6) is 0 Å². The van der Waals surface area contributed by atoms with E-state index in [-0.39, 0.29) is 22.0 Å². The quantitative estimate of drug-likeness (QED) is 0.467. The molecule has 2 aliphatic rings. The topological polar surface area (TPSA) is 87.2 Å². The molecule has 216 valence electrons. The molecule has 0 saturated carbocycles. The third-order valence-electron chi connectivity index (χ3n) is 7.79. The van der Waals surface area contributed by atoms with Gasteiger partial charge >= 0.3 is 0 Å². The fourth-order valence-corrected chi connectivity index (χ4v) is 8.06. The second-order valence-electron chi connectivity index (χ2n) is 11.0. The number of hydrogen-bond acceptors (Lipinski definition) is 7. The van der Waals surface area contributed by atoms with Gasteiger partial charge in [-0.1, -0.05) is 12.1 Å². The number of para-hydroxylation sites is 1. The SMILES string of the molecule is CC(c1cccc(F)c1N1CCC(CN2C[C@@H](C)O[C@H](C)C2)CC1)S(=O)(=O)c1ccc(S(=O)(=O)N(C)C)cc1. The van der Waals surface area contributed by atoms with Gasteiger partial charge in [-0.2, -0.15) is 0 Å². The van der Waals surface area contributed by atoms with Crippen molar-refractivity contribution in [3.8, 4) is 0 Å². The molecule has 2 heterocycles. The van der Waals surface area contributed by atoms with Crippen molar-refractivity contribution >= 4 is 25.5 Å². The predicted octanol–water partition coefficient (Wildman–Crippen LogP) is 3.94. The Labute approximate surface area is 232 Å². The second kappa shape index (κ2) is 11.8. The number of sulfone groups is 1. The van der Waals surface area contributed by atoms with E-state index >= 15 is 4.39 Å². The van der Waals surface area contributed by atoms with Crippen LogP contribution in [0.2, 0.25) is 0 Å². The number of anilines is 1. The maximum absolute atomic E-state index is 15.3. The molecule has 0 amide bonds.